The van der Waals surface area contributed by atoms with E-state index in [1.807, 2.05) is 6.07 Å². The van der Waals surface area contributed by atoms with E-state index in [4.69, 9.17) is 39.8 Å². The van der Waals surface area contributed by atoms with Gasteiger partial charge in [0.1, 0.15) is 0 Å². The number of pyridine rings is 1. The molecule has 2 fully saturated rings. The number of nitrogens with one attached hydrogen (secondary N) is 1. The van der Waals surface area contributed by atoms with Crippen molar-refractivity contribution >= 4 is 87.6 Å². The Hall–Kier alpha value is -4.24. The van der Waals surface area contributed by atoms with Crippen LogP contribution in [0, 0.1) is 23.0 Å². The van der Waals surface area contributed by atoms with Crippen LogP contribution >= 0.6 is 11.6 Å². The number of hydrogen-bond donors (Lipinski definition) is 1. The molecule has 0 spiro atoms. The molecular weight excluding hydrogens is 621 g/mol. The van der Waals surface area contributed by atoms with Crippen molar-refractivity contribution < 1.29 is 31.8 Å². The number of halogens is 5. The van der Waals surface area contributed by atoms with Crippen LogP contribution in [0.15, 0.2) is 36.5 Å². The minimum absolute atomic E-state index is 0.0166. The predicted octanol–water partition coefficient (Wildman–Crippen LogP) is 1.06. The molecule has 3 aliphatic rings. The van der Waals surface area contributed by atoms with E-state index in [2.05, 4.69) is 10.3 Å². The molecule has 1 saturated heterocycles. The number of carbonyl (C=O) groups excluding carboxylic acids is 2. The molecular formula is C29H18B4ClF4N5O3. The van der Waals surface area contributed by atoms with Crippen LogP contribution in [0.25, 0.3) is 0 Å². The van der Waals surface area contributed by atoms with Crippen LogP contribution in [0.1, 0.15) is 42.9 Å². The van der Waals surface area contributed by atoms with Crippen LogP contribution in [-0.4, -0.2) is 71.1 Å². The van der Waals surface area contributed by atoms with Gasteiger partial charge in [-0.15, -0.1) is 0 Å². The van der Waals surface area contributed by atoms with Crippen molar-refractivity contribution in [2.75, 3.05) is 9.80 Å². The topological polar surface area (TPSA) is 98.6 Å². The van der Waals surface area contributed by atoms with Crippen LogP contribution in [-0.2, 0) is 9.59 Å². The summed E-state index contributed by atoms with van der Waals surface area (Å²) in [6, 6.07) is 3.67. The summed E-state index contributed by atoms with van der Waals surface area (Å²) in [7, 11) is 19.7. The third kappa shape index (κ3) is 5.55. The van der Waals surface area contributed by atoms with E-state index >= 15 is 0 Å². The summed E-state index contributed by atoms with van der Waals surface area (Å²) >= 11 is 6.69. The standard InChI is InChI=1S/C29H18B4ClF4N5O3/c30-21-22(31)24(34)20-25(28(45)41-15-9-29(37,38)10-15)42(16-7-13(35)6-14(36)8-16)27(33-46-26(20)23(21)32)17-1-2-19(44)43(17)18-5-12(11-39)3-4-40-18/h3-8,15,17,25H,1-2,9-10H2,(H,41,45)/t17-,25-/m0/s1. The first kappa shape index (κ1) is 31.7. The van der Waals surface area contributed by atoms with Gasteiger partial charge in [0.25, 0.3) is 0 Å². The number of anilines is 2. The number of aromatic nitrogens is 1. The second kappa shape index (κ2) is 11.8. The maximum absolute atomic E-state index is 14.8. The molecule has 17 heteroatoms. The van der Waals surface area contributed by atoms with Crippen molar-refractivity contribution in [2.45, 2.75) is 49.7 Å². The molecule has 3 heterocycles. The van der Waals surface area contributed by atoms with Crippen molar-refractivity contribution in [3.8, 4) is 11.8 Å². The molecule has 224 valence electrons. The van der Waals surface area contributed by atoms with Gasteiger partial charge >= 0.3 is 271 Å². The summed E-state index contributed by atoms with van der Waals surface area (Å²) in [6.07, 6.45) is 0.138. The second-order valence-electron chi connectivity index (χ2n) is 11.2. The molecule has 46 heavy (non-hydrogen) atoms. The van der Waals surface area contributed by atoms with Crippen molar-refractivity contribution in [1.82, 2.24) is 10.3 Å². The Morgan fingerprint density at radius 1 is 1.11 bits per heavy atom. The van der Waals surface area contributed by atoms with Crippen molar-refractivity contribution in [3.05, 3.63) is 64.3 Å². The number of hydrogen-bond acceptors (Lipinski definition) is 6. The van der Waals surface area contributed by atoms with E-state index in [0.717, 1.165) is 19.3 Å². The van der Waals surface area contributed by atoms with E-state index in [1.165, 1.54) is 28.1 Å². The Balaban J connectivity index is 1.59. The number of nitriles is 1. The molecule has 2 amide bonds. The van der Waals surface area contributed by atoms with Gasteiger partial charge in [-0.05, 0) is 0 Å². The quantitative estimate of drug-likeness (QED) is 0.332. The minimum atomic E-state index is -2.99. The summed E-state index contributed by atoms with van der Waals surface area (Å²) in [5.74, 6) is -6.46. The van der Waals surface area contributed by atoms with Gasteiger partial charge in [0.2, 0.25) is 0 Å². The SMILES string of the molecule is [B]c1c([B])c(Cl)c2c(c1[B])OB=C([C@@H]1CCC(=O)N1c1cc(C#N)ccn1)N(c1cc(F)cc(F)c1)[C@@H]2C(=O)NC1CC(F)(F)C1. The van der Waals surface area contributed by atoms with Crippen molar-refractivity contribution in [3.63, 3.8) is 0 Å². The Morgan fingerprint density at radius 3 is 2.46 bits per heavy atom. The van der Waals surface area contributed by atoms with Gasteiger partial charge in [-0.25, -0.2) is 0 Å². The Morgan fingerprint density at radius 2 is 1.80 bits per heavy atom. The first-order valence-corrected chi connectivity index (χ1v) is 14.3. The first-order chi connectivity index (χ1) is 21.8. The molecule has 6 rings (SSSR count). The average molecular weight is 639 g/mol. The number of amides is 2. The zero-order valence-electron chi connectivity index (χ0n) is 23.7. The molecule has 1 aromatic heterocycles. The Labute approximate surface area is 270 Å². The fraction of sp³-hybridized carbons (Fsp3) is 0.276. The number of fused-ring (bicyclic) bond motifs is 1. The molecule has 6 radical (unpaired) electrons. The van der Waals surface area contributed by atoms with Crippen LogP contribution in [0.3, 0.4) is 0 Å². The molecule has 8 nitrogen and oxygen atoms in total. The fourth-order valence-electron chi connectivity index (χ4n) is 5.98. The monoisotopic (exact) mass is 639 g/mol. The maximum atomic E-state index is 14.8. The normalized spacial score (nSPS) is 20.4. The van der Waals surface area contributed by atoms with Gasteiger partial charge in [0.05, 0.1) is 0 Å². The average Bonchev–Trinajstić information content (AvgIpc) is 3.27. The number of rotatable bonds is 5. The van der Waals surface area contributed by atoms with Gasteiger partial charge in [0, 0.05) is 0 Å². The molecule has 0 bridgehead atoms. The van der Waals surface area contributed by atoms with Crippen LogP contribution in [0.2, 0.25) is 5.02 Å². The van der Waals surface area contributed by atoms with Gasteiger partial charge < -0.3 is 0 Å². The third-order valence-corrected chi connectivity index (χ3v) is 8.54. The van der Waals surface area contributed by atoms with Crippen LogP contribution < -0.4 is 36.2 Å². The molecule has 1 aliphatic carbocycles. The third-order valence-electron chi connectivity index (χ3n) is 8.13. The van der Waals surface area contributed by atoms with Crippen molar-refractivity contribution in [2.24, 2.45) is 0 Å². The Bertz CT molecular complexity index is 1850. The molecule has 1 N–H and O–H groups in total. The van der Waals surface area contributed by atoms with E-state index in [0.29, 0.717) is 6.07 Å². The van der Waals surface area contributed by atoms with Gasteiger partial charge in [-0.1, -0.05) is 0 Å². The van der Waals surface area contributed by atoms with Gasteiger partial charge in [-0.2, -0.15) is 0 Å². The zero-order valence-corrected chi connectivity index (χ0v) is 24.5. The number of alkyl halides is 2. The van der Waals surface area contributed by atoms with E-state index < -0.39 is 60.3 Å². The predicted molar refractivity (Wildman–Crippen MR) is 166 cm³/mol. The molecule has 2 aromatic carbocycles. The van der Waals surface area contributed by atoms with Gasteiger partial charge in [-0.3, -0.25) is 0 Å². The Kier molecular flexibility index (Phi) is 8.17. The summed E-state index contributed by atoms with van der Waals surface area (Å²) in [5.41, 5.74) is -0.770. The summed E-state index contributed by atoms with van der Waals surface area (Å²) < 4.78 is 63.2. The second-order valence-corrected chi connectivity index (χ2v) is 11.5. The zero-order chi connectivity index (χ0) is 33.1. The molecule has 0 unspecified atom stereocenters. The number of nitrogens with zero attached hydrogens (tertiary/aromatic N) is 4. The molecule has 1 saturated carbocycles. The first-order valence-electron chi connectivity index (χ1n) is 13.9. The number of benzene rings is 2. The molecule has 2 atom stereocenters. The van der Waals surface area contributed by atoms with Crippen molar-refractivity contribution in [1.29, 1.82) is 5.26 Å². The summed E-state index contributed by atoms with van der Waals surface area (Å²) in [4.78, 5) is 34.3. The van der Waals surface area contributed by atoms with E-state index in [9.17, 15) is 32.4 Å². The van der Waals surface area contributed by atoms with Crippen LogP contribution in [0.5, 0.6) is 5.75 Å². The number of carbonyl (C=O) groups is 2. The molecule has 3 aromatic rings. The van der Waals surface area contributed by atoms with E-state index in [1.54, 1.807) is 0 Å². The summed E-state index contributed by atoms with van der Waals surface area (Å²) in [6.45, 7) is 0. The van der Waals surface area contributed by atoms with Crippen LogP contribution in [0.4, 0.5) is 29.1 Å². The molecule has 2 aliphatic heterocycles. The van der Waals surface area contributed by atoms with Gasteiger partial charge in [0.15, 0.2) is 0 Å². The summed E-state index contributed by atoms with van der Waals surface area (Å²) in [5, 5.41) is 11.7. The van der Waals surface area contributed by atoms with E-state index in [-0.39, 0.29) is 68.2 Å². The fourth-order valence-corrected chi connectivity index (χ4v) is 6.27.